The van der Waals surface area contributed by atoms with Gasteiger partial charge in [0, 0.05) is 17.1 Å². The zero-order valence-corrected chi connectivity index (χ0v) is 28.0. The van der Waals surface area contributed by atoms with Gasteiger partial charge < -0.3 is 15.5 Å². The summed E-state index contributed by atoms with van der Waals surface area (Å²) in [5.41, 5.74) is 0.821. The van der Waals surface area contributed by atoms with Gasteiger partial charge in [0.15, 0.2) is 5.78 Å². The summed E-state index contributed by atoms with van der Waals surface area (Å²) in [7, 11) is -1.58. The fraction of sp³-hybridized carbons (Fsp3) is 0.371. The average molecular weight is 678 g/mol. The standard InChI is InChI=1S/C35H37ClFN5O4S/c1-34(2,3)47(46)41-35(16-15-22-7-8-22,24-6-4-5-23(17-24)20-38)25-9-14-29(37)30(18-25)40-32(44)31-19-28(43)21-42(31)33(45)39-27-12-10-26(36)11-13-27/h4-6,9-14,17-18,22,31,41H,7-8,15-16,19,21H2,1-3H3,(H,39,45)(H,40,44)/t31-,35?,47-/m1/s1. The predicted molar refractivity (Wildman–Crippen MR) is 181 cm³/mol. The summed E-state index contributed by atoms with van der Waals surface area (Å²) in [6, 6.07) is 18.1. The van der Waals surface area contributed by atoms with Gasteiger partial charge in [-0.2, -0.15) is 5.26 Å². The van der Waals surface area contributed by atoms with Crippen molar-refractivity contribution in [2.45, 2.75) is 69.2 Å². The minimum atomic E-state index is -1.58. The van der Waals surface area contributed by atoms with Crippen LogP contribution in [0.5, 0.6) is 0 Å². The van der Waals surface area contributed by atoms with Crippen molar-refractivity contribution in [1.82, 2.24) is 9.62 Å². The molecule has 3 N–H and O–H groups in total. The molecular formula is C35H37ClFN5O4S. The quantitative estimate of drug-likeness (QED) is 0.221. The molecule has 47 heavy (non-hydrogen) atoms. The Morgan fingerprint density at radius 1 is 1.04 bits per heavy atom. The number of hydrogen-bond donors (Lipinski definition) is 3. The van der Waals surface area contributed by atoms with E-state index in [1.54, 1.807) is 48.5 Å². The van der Waals surface area contributed by atoms with Crippen LogP contribution in [0.3, 0.4) is 0 Å². The summed E-state index contributed by atoms with van der Waals surface area (Å²) in [5, 5.41) is 15.5. The van der Waals surface area contributed by atoms with Crippen LogP contribution in [0, 0.1) is 23.1 Å². The number of carbonyl (C=O) groups excluding carboxylic acids is 3. The van der Waals surface area contributed by atoms with Gasteiger partial charge in [0.2, 0.25) is 5.91 Å². The van der Waals surface area contributed by atoms with E-state index in [1.165, 1.54) is 12.1 Å². The van der Waals surface area contributed by atoms with Crippen LogP contribution >= 0.6 is 11.6 Å². The van der Waals surface area contributed by atoms with E-state index in [9.17, 15) is 23.9 Å². The first kappa shape index (κ1) is 34.2. The van der Waals surface area contributed by atoms with Crippen molar-refractivity contribution in [2.75, 3.05) is 17.2 Å². The molecule has 1 heterocycles. The van der Waals surface area contributed by atoms with E-state index >= 15 is 4.39 Å². The van der Waals surface area contributed by atoms with Crippen LogP contribution in [0.25, 0.3) is 0 Å². The molecule has 3 aromatic carbocycles. The second-order valence-electron chi connectivity index (χ2n) is 13.1. The van der Waals surface area contributed by atoms with Crippen LogP contribution in [0.2, 0.25) is 5.02 Å². The Bertz CT molecular complexity index is 1750. The summed E-state index contributed by atoms with van der Waals surface area (Å²) >= 11 is 5.93. The minimum absolute atomic E-state index is 0.152. The number of rotatable bonds is 10. The van der Waals surface area contributed by atoms with E-state index < -0.39 is 45.1 Å². The van der Waals surface area contributed by atoms with Crippen LogP contribution in [-0.4, -0.2) is 44.2 Å². The van der Waals surface area contributed by atoms with Crippen molar-refractivity contribution >= 4 is 51.7 Å². The number of urea groups is 1. The number of nitrogens with one attached hydrogen (secondary N) is 3. The molecule has 3 amide bonds. The Hall–Kier alpha value is -4.11. The highest BCUT2D eigenvalue weighted by Gasteiger charge is 2.42. The van der Waals surface area contributed by atoms with Crippen LogP contribution in [0.4, 0.5) is 20.6 Å². The van der Waals surface area contributed by atoms with Crippen molar-refractivity contribution in [3.63, 3.8) is 0 Å². The largest absolute Gasteiger partial charge is 0.322 e. The van der Waals surface area contributed by atoms with Crippen molar-refractivity contribution in [3.05, 3.63) is 94.3 Å². The van der Waals surface area contributed by atoms with Crippen LogP contribution in [0.15, 0.2) is 66.7 Å². The van der Waals surface area contributed by atoms with Crippen molar-refractivity contribution < 1.29 is 23.0 Å². The van der Waals surface area contributed by atoms with Gasteiger partial charge in [-0.25, -0.2) is 18.1 Å². The summed E-state index contributed by atoms with van der Waals surface area (Å²) in [6.45, 7) is 5.27. The van der Waals surface area contributed by atoms with Crippen molar-refractivity contribution in [2.24, 2.45) is 5.92 Å². The van der Waals surface area contributed by atoms with Crippen molar-refractivity contribution in [1.29, 1.82) is 5.26 Å². The van der Waals surface area contributed by atoms with E-state index in [1.807, 2.05) is 26.8 Å². The number of halogens is 2. The monoisotopic (exact) mass is 677 g/mol. The molecule has 3 atom stereocenters. The Morgan fingerprint density at radius 3 is 2.40 bits per heavy atom. The third kappa shape index (κ3) is 8.07. The van der Waals surface area contributed by atoms with Crippen LogP contribution < -0.4 is 15.4 Å². The van der Waals surface area contributed by atoms with E-state index in [2.05, 4.69) is 21.4 Å². The Kier molecular flexibility index (Phi) is 10.2. The zero-order chi connectivity index (χ0) is 33.9. The zero-order valence-electron chi connectivity index (χ0n) is 26.4. The Balaban J connectivity index is 1.49. The molecule has 1 aliphatic heterocycles. The highest BCUT2D eigenvalue weighted by atomic mass is 35.5. The number of likely N-dealkylation sites (tertiary alicyclic amines) is 1. The number of nitrogens with zero attached hydrogens (tertiary/aromatic N) is 2. The normalized spacial score (nSPS) is 18.3. The lowest BCUT2D eigenvalue weighted by atomic mass is 9.79. The molecule has 1 aliphatic carbocycles. The average Bonchev–Trinajstić information content (AvgIpc) is 3.79. The number of ketones is 1. The van der Waals surface area contributed by atoms with E-state index in [0.29, 0.717) is 39.7 Å². The SMILES string of the molecule is CC(C)(C)[S@@](=O)NC(CCC1CC1)(c1cccc(C#N)c1)c1ccc(F)c(NC(=O)[C@H]2CC(=O)CN2C(=O)Nc2ccc(Cl)cc2)c1. The fourth-order valence-electron chi connectivity index (χ4n) is 5.59. The summed E-state index contributed by atoms with van der Waals surface area (Å²) < 4.78 is 31.9. The smallest absolute Gasteiger partial charge is 0.322 e. The third-order valence-corrected chi connectivity index (χ3v) is 10.4. The molecule has 0 aromatic heterocycles. The van der Waals surface area contributed by atoms with Crippen LogP contribution in [0.1, 0.15) is 69.6 Å². The molecule has 1 saturated heterocycles. The second-order valence-corrected chi connectivity index (χ2v) is 15.5. The topological polar surface area (TPSA) is 131 Å². The number of benzene rings is 3. The number of amides is 3. The second kappa shape index (κ2) is 13.9. The third-order valence-electron chi connectivity index (χ3n) is 8.45. The highest BCUT2D eigenvalue weighted by Crippen LogP contribution is 2.43. The number of anilines is 2. The van der Waals surface area contributed by atoms with Gasteiger partial charge in [-0.05, 0) is 99.2 Å². The molecule has 5 rings (SSSR count). The number of Topliss-reactive ketones (excluding diaryl/α,β-unsaturated/α-hetero) is 1. The molecule has 9 nitrogen and oxygen atoms in total. The fourth-order valence-corrected chi connectivity index (χ4v) is 6.67. The molecular weight excluding hydrogens is 641 g/mol. The van der Waals surface area contributed by atoms with Gasteiger partial charge in [-0.3, -0.25) is 9.59 Å². The Labute approximate surface area is 281 Å². The summed E-state index contributed by atoms with van der Waals surface area (Å²) in [5.74, 6) is -1.25. The Morgan fingerprint density at radius 2 is 1.74 bits per heavy atom. The lowest BCUT2D eigenvalue weighted by Crippen LogP contribution is -2.49. The first-order valence-electron chi connectivity index (χ1n) is 15.4. The molecule has 3 aromatic rings. The molecule has 246 valence electrons. The minimum Gasteiger partial charge on any atom is -0.322 e. The van der Waals surface area contributed by atoms with E-state index in [4.69, 9.17) is 11.6 Å². The van der Waals surface area contributed by atoms with Gasteiger partial charge in [0.05, 0.1) is 45.1 Å². The van der Waals surface area contributed by atoms with Gasteiger partial charge >= 0.3 is 6.03 Å². The van der Waals surface area contributed by atoms with Crippen LogP contribution in [-0.2, 0) is 26.1 Å². The first-order chi connectivity index (χ1) is 22.3. The van der Waals surface area contributed by atoms with Crippen molar-refractivity contribution in [3.8, 4) is 6.07 Å². The van der Waals surface area contributed by atoms with Gasteiger partial charge in [-0.15, -0.1) is 0 Å². The maximum absolute atomic E-state index is 15.4. The van der Waals surface area contributed by atoms with Gasteiger partial charge in [0.1, 0.15) is 11.9 Å². The summed E-state index contributed by atoms with van der Waals surface area (Å²) in [6.07, 6.45) is 3.25. The van der Waals surface area contributed by atoms with Gasteiger partial charge in [-0.1, -0.05) is 42.6 Å². The maximum Gasteiger partial charge on any atom is 0.322 e. The number of nitriles is 1. The molecule has 2 fully saturated rings. The molecule has 12 heteroatoms. The number of carbonyl (C=O) groups is 3. The lowest BCUT2D eigenvalue weighted by Gasteiger charge is -2.38. The maximum atomic E-state index is 15.4. The lowest BCUT2D eigenvalue weighted by molar-refractivity contribution is -0.121. The predicted octanol–water partition coefficient (Wildman–Crippen LogP) is 6.65. The number of hydrogen-bond acceptors (Lipinski definition) is 5. The molecule has 0 spiro atoms. The van der Waals surface area contributed by atoms with E-state index in [-0.39, 0.29) is 24.4 Å². The molecule has 1 unspecified atom stereocenters. The highest BCUT2D eigenvalue weighted by molar-refractivity contribution is 7.84. The first-order valence-corrected chi connectivity index (χ1v) is 17.0. The summed E-state index contributed by atoms with van der Waals surface area (Å²) in [4.78, 5) is 40.3. The molecule has 2 aliphatic rings. The molecule has 0 bridgehead atoms. The molecule has 0 radical (unpaired) electrons. The van der Waals surface area contributed by atoms with Gasteiger partial charge in [0.25, 0.3) is 0 Å². The van der Waals surface area contributed by atoms with E-state index in [0.717, 1.165) is 24.2 Å². The molecule has 1 saturated carbocycles.